The average molecular weight is 236 g/mol. The second-order valence-corrected chi connectivity index (χ2v) is 4.12. The molecule has 0 saturated carbocycles. The summed E-state index contributed by atoms with van der Waals surface area (Å²) in [5.74, 6) is -1.80. The van der Waals surface area contributed by atoms with Crippen molar-refractivity contribution in [1.29, 1.82) is 0 Å². The molecule has 2 aliphatic rings. The Morgan fingerprint density at radius 1 is 1.44 bits per heavy atom. The van der Waals surface area contributed by atoms with E-state index in [2.05, 4.69) is 9.98 Å². The Hall–Kier alpha value is -1.69. The van der Waals surface area contributed by atoms with E-state index in [9.17, 15) is 9.59 Å². The highest BCUT2D eigenvalue weighted by Crippen LogP contribution is 2.19. The van der Waals surface area contributed by atoms with Gasteiger partial charge in [0.1, 0.15) is 5.92 Å². The SMILES string of the molecule is O=C(O)CSC1=NC(=O)C2C=CC=CC2=N1. The molecule has 1 heterocycles. The highest BCUT2D eigenvalue weighted by Gasteiger charge is 2.26. The fourth-order valence-corrected chi connectivity index (χ4v) is 1.91. The van der Waals surface area contributed by atoms with Gasteiger partial charge >= 0.3 is 5.97 Å². The van der Waals surface area contributed by atoms with Gasteiger partial charge in [0.15, 0.2) is 5.17 Å². The normalized spacial score (nSPS) is 22.5. The first-order valence-electron chi connectivity index (χ1n) is 4.57. The zero-order chi connectivity index (χ0) is 11.5. The number of hydrogen-bond donors (Lipinski definition) is 1. The maximum absolute atomic E-state index is 11.6. The van der Waals surface area contributed by atoms with Crippen LogP contribution in [-0.4, -0.2) is 33.6 Å². The Morgan fingerprint density at radius 3 is 3.00 bits per heavy atom. The minimum Gasteiger partial charge on any atom is -0.481 e. The number of rotatable bonds is 2. The van der Waals surface area contributed by atoms with Crippen molar-refractivity contribution in [2.45, 2.75) is 0 Å². The number of aliphatic carboxylic acids is 1. The molecule has 5 nitrogen and oxygen atoms in total. The number of allylic oxidation sites excluding steroid dienone is 3. The maximum Gasteiger partial charge on any atom is 0.313 e. The topological polar surface area (TPSA) is 79.1 Å². The first kappa shape index (κ1) is 10.8. The molecule has 0 bridgehead atoms. The van der Waals surface area contributed by atoms with Crippen molar-refractivity contribution in [2.24, 2.45) is 15.9 Å². The predicted octanol–water partition coefficient (Wildman–Crippen LogP) is 0.884. The first-order valence-corrected chi connectivity index (χ1v) is 5.56. The van der Waals surface area contributed by atoms with Gasteiger partial charge in [-0.05, 0) is 6.08 Å². The summed E-state index contributed by atoms with van der Waals surface area (Å²) in [5, 5.41) is 8.73. The van der Waals surface area contributed by atoms with Crippen molar-refractivity contribution in [1.82, 2.24) is 0 Å². The lowest BCUT2D eigenvalue weighted by atomic mass is 9.97. The second-order valence-electron chi connectivity index (χ2n) is 3.17. The third-order valence-electron chi connectivity index (χ3n) is 2.02. The number of nitrogens with zero attached hydrogens (tertiary/aromatic N) is 2. The second kappa shape index (κ2) is 4.44. The molecule has 0 saturated heterocycles. The molecule has 16 heavy (non-hydrogen) atoms. The van der Waals surface area contributed by atoms with Gasteiger partial charge in [-0.25, -0.2) is 4.99 Å². The van der Waals surface area contributed by atoms with Crippen molar-refractivity contribution in [3.05, 3.63) is 24.3 Å². The highest BCUT2D eigenvalue weighted by atomic mass is 32.2. The van der Waals surface area contributed by atoms with Crippen molar-refractivity contribution in [2.75, 3.05) is 5.75 Å². The summed E-state index contributed by atoms with van der Waals surface area (Å²) in [6.07, 6.45) is 7.02. The molecule has 1 N–H and O–H groups in total. The molecular formula is C10H8N2O3S. The van der Waals surface area contributed by atoms with Crippen LogP contribution in [0.15, 0.2) is 34.3 Å². The molecule has 0 aromatic carbocycles. The van der Waals surface area contributed by atoms with Gasteiger partial charge in [0.2, 0.25) is 0 Å². The van der Waals surface area contributed by atoms with E-state index in [-0.39, 0.29) is 16.8 Å². The molecule has 2 rings (SSSR count). The Kier molecular flexibility index (Phi) is 3.00. The van der Waals surface area contributed by atoms with Gasteiger partial charge in [0.05, 0.1) is 11.5 Å². The largest absolute Gasteiger partial charge is 0.481 e. The Bertz CT molecular complexity index is 463. The van der Waals surface area contributed by atoms with Crippen LogP contribution in [0.2, 0.25) is 0 Å². The summed E-state index contributed by atoms with van der Waals surface area (Å²) in [7, 11) is 0. The van der Waals surface area contributed by atoms with Gasteiger partial charge in [0.25, 0.3) is 5.91 Å². The molecule has 1 aliphatic heterocycles. The summed E-state index contributed by atoms with van der Waals surface area (Å²) in [6, 6.07) is 0. The van der Waals surface area contributed by atoms with Crippen molar-refractivity contribution >= 4 is 34.5 Å². The molecule has 1 atom stereocenters. The van der Waals surface area contributed by atoms with Crippen LogP contribution in [0, 0.1) is 5.92 Å². The van der Waals surface area contributed by atoms with E-state index in [1.165, 1.54) is 0 Å². The molecular weight excluding hydrogens is 228 g/mol. The van der Waals surface area contributed by atoms with Crippen molar-refractivity contribution in [3.8, 4) is 0 Å². The van der Waals surface area contributed by atoms with Gasteiger partial charge in [-0.2, -0.15) is 4.99 Å². The lowest BCUT2D eigenvalue weighted by Crippen LogP contribution is -2.26. The third kappa shape index (κ3) is 2.27. The minimum atomic E-state index is -0.957. The van der Waals surface area contributed by atoms with E-state index < -0.39 is 11.9 Å². The van der Waals surface area contributed by atoms with E-state index in [1.807, 2.05) is 0 Å². The van der Waals surface area contributed by atoms with Crippen molar-refractivity contribution in [3.63, 3.8) is 0 Å². The molecule has 1 aliphatic carbocycles. The molecule has 1 amide bonds. The smallest absolute Gasteiger partial charge is 0.313 e. The molecule has 0 radical (unpaired) electrons. The van der Waals surface area contributed by atoms with Crippen LogP contribution in [0.3, 0.4) is 0 Å². The van der Waals surface area contributed by atoms with Crippen LogP contribution in [-0.2, 0) is 9.59 Å². The number of fused-ring (bicyclic) bond motifs is 1. The number of carboxylic acid groups (broad SMARTS) is 1. The van der Waals surface area contributed by atoms with Gasteiger partial charge < -0.3 is 5.11 Å². The number of carboxylic acids is 1. The first-order chi connectivity index (χ1) is 7.66. The Balaban J connectivity index is 2.15. The fourth-order valence-electron chi connectivity index (χ4n) is 1.34. The minimum absolute atomic E-state index is 0.146. The summed E-state index contributed by atoms with van der Waals surface area (Å²) in [5.41, 5.74) is 0.621. The summed E-state index contributed by atoms with van der Waals surface area (Å²) in [4.78, 5) is 29.8. The van der Waals surface area contributed by atoms with Crippen LogP contribution in [0.4, 0.5) is 0 Å². The monoisotopic (exact) mass is 236 g/mol. The van der Waals surface area contributed by atoms with Gasteiger partial charge in [0, 0.05) is 0 Å². The van der Waals surface area contributed by atoms with Gasteiger partial charge in [-0.15, -0.1) is 0 Å². The summed E-state index contributed by atoms with van der Waals surface area (Å²) >= 11 is 0.949. The molecule has 1 unspecified atom stereocenters. The van der Waals surface area contributed by atoms with Gasteiger partial charge in [-0.1, -0.05) is 30.0 Å². The molecule has 0 aromatic rings. The number of carbonyl (C=O) groups excluding carboxylic acids is 1. The summed E-state index contributed by atoms with van der Waals surface area (Å²) < 4.78 is 0. The zero-order valence-electron chi connectivity index (χ0n) is 8.16. The molecule has 82 valence electrons. The van der Waals surface area contributed by atoms with E-state index >= 15 is 0 Å². The number of hydrogen-bond acceptors (Lipinski definition) is 4. The van der Waals surface area contributed by atoms with E-state index in [0.717, 1.165) is 11.8 Å². The number of amidine groups is 1. The molecule has 0 aromatic heterocycles. The van der Waals surface area contributed by atoms with Crippen molar-refractivity contribution < 1.29 is 14.7 Å². The maximum atomic E-state index is 11.6. The predicted molar refractivity (Wildman–Crippen MR) is 61.7 cm³/mol. The molecule has 6 heteroatoms. The van der Waals surface area contributed by atoms with E-state index in [0.29, 0.717) is 5.71 Å². The number of amides is 1. The number of thioether (sulfide) groups is 1. The zero-order valence-corrected chi connectivity index (χ0v) is 8.98. The standard InChI is InChI=1S/C10H8N2O3S/c13-8(14)5-16-10-11-7-4-2-1-3-6(7)9(15)12-10/h1-4,6H,5H2,(H,13,14). The van der Waals surface area contributed by atoms with Crippen LogP contribution >= 0.6 is 11.8 Å². The highest BCUT2D eigenvalue weighted by molar-refractivity contribution is 8.14. The average Bonchev–Trinajstić information content (AvgIpc) is 2.26. The Morgan fingerprint density at radius 2 is 2.25 bits per heavy atom. The third-order valence-corrected chi connectivity index (χ3v) is 2.85. The van der Waals surface area contributed by atoms with Crippen LogP contribution in [0.5, 0.6) is 0 Å². The van der Waals surface area contributed by atoms with Crippen LogP contribution in [0.25, 0.3) is 0 Å². The molecule has 0 spiro atoms. The fraction of sp³-hybridized carbons (Fsp3) is 0.200. The van der Waals surface area contributed by atoms with E-state index in [1.54, 1.807) is 24.3 Å². The lowest BCUT2D eigenvalue weighted by Gasteiger charge is -2.16. The Labute approximate surface area is 95.7 Å². The van der Waals surface area contributed by atoms with E-state index in [4.69, 9.17) is 5.11 Å². The quantitative estimate of drug-likeness (QED) is 0.772. The summed E-state index contributed by atoms with van der Waals surface area (Å²) in [6.45, 7) is 0. The lowest BCUT2D eigenvalue weighted by molar-refractivity contribution is -0.133. The van der Waals surface area contributed by atoms with Gasteiger partial charge in [-0.3, -0.25) is 9.59 Å². The van der Waals surface area contributed by atoms with Crippen LogP contribution < -0.4 is 0 Å². The number of carbonyl (C=O) groups is 2. The number of aliphatic imine (C=N–C) groups is 2. The van der Waals surface area contributed by atoms with Crippen LogP contribution in [0.1, 0.15) is 0 Å². The molecule has 0 fully saturated rings.